The summed E-state index contributed by atoms with van der Waals surface area (Å²) in [5, 5.41) is 6.03. The van der Waals surface area contributed by atoms with Crippen molar-refractivity contribution in [2.24, 2.45) is 5.92 Å². The van der Waals surface area contributed by atoms with Crippen LogP contribution in [0.2, 0.25) is 0 Å². The second-order valence-electron chi connectivity index (χ2n) is 4.63. The molecule has 0 saturated carbocycles. The maximum Gasteiger partial charge on any atom is 0.229 e. The van der Waals surface area contributed by atoms with Crippen molar-refractivity contribution in [3.8, 4) is 0 Å². The van der Waals surface area contributed by atoms with Gasteiger partial charge in [0.1, 0.15) is 0 Å². The highest BCUT2D eigenvalue weighted by Gasteiger charge is 2.21. The van der Waals surface area contributed by atoms with Crippen molar-refractivity contribution in [2.75, 3.05) is 25.6 Å². The van der Waals surface area contributed by atoms with E-state index in [4.69, 9.17) is 4.74 Å². The van der Waals surface area contributed by atoms with E-state index in [0.29, 0.717) is 6.61 Å². The Kier molecular flexibility index (Phi) is 4.73. The minimum Gasteiger partial charge on any atom is -0.381 e. The summed E-state index contributed by atoms with van der Waals surface area (Å²) >= 11 is 0. The fraction of sp³-hybridized carbons (Fsp3) is 0.500. The SMILES string of the molecule is CNCc1ccc(NC(=O)C2CCCOC2)cc1. The predicted octanol–water partition coefficient (Wildman–Crippen LogP) is 1.77. The lowest BCUT2D eigenvalue weighted by Gasteiger charge is -2.21. The summed E-state index contributed by atoms with van der Waals surface area (Å²) in [7, 11) is 1.92. The van der Waals surface area contributed by atoms with Gasteiger partial charge in [0.25, 0.3) is 0 Å². The number of benzene rings is 1. The van der Waals surface area contributed by atoms with E-state index in [-0.39, 0.29) is 11.8 Å². The lowest BCUT2D eigenvalue weighted by molar-refractivity contribution is -0.123. The molecule has 98 valence electrons. The second-order valence-corrected chi connectivity index (χ2v) is 4.63. The Labute approximate surface area is 108 Å². The molecular weight excluding hydrogens is 228 g/mol. The molecule has 0 bridgehead atoms. The van der Waals surface area contributed by atoms with Crippen LogP contribution < -0.4 is 10.6 Å². The van der Waals surface area contributed by atoms with E-state index in [0.717, 1.165) is 31.7 Å². The van der Waals surface area contributed by atoms with Gasteiger partial charge < -0.3 is 15.4 Å². The Bertz CT molecular complexity index is 383. The first kappa shape index (κ1) is 13.1. The molecule has 1 aliphatic heterocycles. The van der Waals surface area contributed by atoms with Crippen LogP contribution in [-0.2, 0) is 16.1 Å². The largest absolute Gasteiger partial charge is 0.381 e. The van der Waals surface area contributed by atoms with Gasteiger partial charge in [0, 0.05) is 18.8 Å². The molecule has 0 radical (unpaired) electrons. The molecule has 18 heavy (non-hydrogen) atoms. The predicted molar refractivity (Wildman–Crippen MR) is 71.4 cm³/mol. The molecule has 0 aliphatic carbocycles. The third-order valence-electron chi connectivity index (χ3n) is 3.13. The number of hydrogen-bond acceptors (Lipinski definition) is 3. The van der Waals surface area contributed by atoms with E-state index in [9.17, 15) is 4.79 Å². The van der Waals surface area contributed by atoms with Crippen LogP contribution >= 0.6 is 0 Å². The number of amides is 1. The van der Waals surface area contributed by atoms with Crippen molar-refractivity contribution in [3.05, 3.63) is 29.8 Å². The van der Waals surface area contributed by atoms with Crippen LogP contribution in [0.4, 0.5) is 5.69 Å². The van der Waals surface area contributed by atoms with Crippen LogP contribution in [0.25, 0.3) is 0 Å². The Balaban J connectivity index is 1.89. The smallest absolute Gasteiger partial charge is 0.229 e. The van der Waals surface area contributed by atoms with Crippen LogP contribution in [0.15, 0.2) is 24.3 Å². The lowest BCUT2D eigenvalue weighted by atomic mass is 10.0. The summed E-state index contributed by atoms with van der Waals surface area (Å²) in [4.78, 5) is 12.0. The molecule has 0 aromatic heterocycles. The van der Waals surface area contributed by atoms with E-state index in [1.807, 2.05) is 31.3 Å². The first-order chi connectivity index (χ1) is 8.79. The molecular formula is C14H20N2O2. The van der Waals surface area contributed by atoms with Gasteiger partial charge in [-0.05, 0) is 37.6 Å². The Morgan fingerprint density at radius 1 is 1.39 bits per heavy atom. The van der Waals surface area contributed by atoms with E-state index in [2.05, 4.69) is 10.6 Å². The standard InChI is InChI=1S/C14H20N2O2/c1-15-9-11-4-6-13(7-5-11)16-14(17)12-3-2-8-18-10-12/h4-7,12,15H,2-3,8-10H2,1H3,(H,16,17). The van der Waals surface area contributed by atoms with Crippen molar-refractivity contribution in [2.45, 2.75) is 19.4 Å². The second kappa shape index (κ2) is 6.52. The van der Waals surface area contributed by atoms with Crippen molar-refractivity contribution < 1.29 is 9.53 Å². The molecule has 1 atom stereocenters. The van der Waals surface area contributed by atoms with Gasteiger partial charge in [0.05, 0.1) is 12.5 Å². The van der Waals surface area contributed by atoms with Crippen LogP contribution in [0.5, 0.6) is 0 Å². The van der Waals surface area contributed by atoms with Crippen molar-refractivity contribution in [3.63, 3.8) is 0 Å². The minimum absolute atomic E-state index is 0.00395. The van der Waals surface area contributed by atoms with E-state index in [1.54, 1.807) is 0 Å². The van der Waals surface area contributed by atoms with Crippen molar-refractivity contribution >= 4 is 11.6 Å². The van der Waals surface area contributed by atoms with Gasteiger partial charge in [-0.15, -0.1) is 0 Å². The maximum atomic E-state index is 12.0. The fourth-order valence-electron chi connectivity index (χ4n) is 2.10. The minimum atomic E-state index is -0.00395. The van der Waals surface area contributed by atoms with Crippen molar-refractivity contribution in [1.29, 1.82) is 0 Å². The average Bonchev–Trinajstić information content (AvgIpc) is 2.42. The van der Waals surface area contributed by atoms with Gasteiger partial charge >= 0.3 is 0 Å². The molecule has 1 amide bonds. The zero-order valence-electron chi connectivity index (χ0n) is 10.7. The fourth-order valence-corrected chi connectivity index (χ4v) is 2.10. The first-order valence-electron chi connectivity index (χ1n) is 6.42. The van der Waals surface area contributed by atoms with E-state index < -0.39 is 0 Å². The third-order valence-corrected chi connectivity index (χ3v) is 3.13. The number of carbonyl (C=O) groups excluding carboxylic acids is 1. The molecule has 1 unspecified atom stereocenters. The molecule has 1 aromatic rings. The average molecular weight is 248 g/mol. The summed E-state index contributed by atoms with van der Waals surface area (Å²) in [6.45, 7) is 2.16. The van der Waals surface area contributed by atoms with E-state index >= 15 is 0 Å². The number of ether oxygens (including phenoxy) is 1. The molecule has 4 heteroatoms. The normalized spacial score (nSPS) is 19.5. The molecule has 4 nitrogen and oxygen atoms in total. The highest BCUT2D eigenvalue weighted by atomic mass is 16.5. The Hall–Kier alpha value is -1.39. The highest BCUT2D eigenvalue weighted by molar-refractivity contribution is 5.92. The van der Waals surface area contributed by atoms with Crippen LogP contribution in [0.1, 0.15) is 18.4 Å². The quantitative estimate of drug-likeness (QED) is 0.854. The number of nitrogens with one attached hydrogen (secondary N) is 2. The van der Waals surface area contributed by atoms with Crippen LogP contribution in [-0.4, -0.2) is 26.2 Å². The van der Waals surface area contributed by atoms with Crippen LogP contribution in [0, 0.1) is 5.92 Å². The van der Waals surface area contributed by atoms with Gasteiger partial charge in [-0.3, -0.25) is 4.79 Å². The summed E-state index contributed by atoms with van der Waals surface area (Å²) in [6.07, 6.45) is 1.89. The van der Waals surface area contributed by atoms with Crippen molar-refractivity contribution in [1.82, 2.24) is 5.32 Å². The molecule has 1 aromatic carbocycles. The summed E-state index contributed by atoms with van der Waals surface area (Å²) in [5.74, 6) is 0.0619. The molecule has 1 heterocycles. The van der Waals surface area contributed by atoms with Gasteiger partial charge in [-0.2, -0.15) is 0 Å². The lowest BCUT2D eigenvalue weighted by Crippen LogP contribution is -2.30. The van der Waals surface area contributed by atoms with Crippen LogP contribution in [0.3, 0.4) is 0 Å². The van der Waals surface area contributed by atoms with Gasteiger partial charge in [0.15, 0.2) is 0 Å². The summed E-state index contributed by atoms with van der Waals surface area (Å²) < 4.78 is 5.32. The highest BCUT2D eigenvalue weighted by Crippen LogP contribution is 2.17. The molecule has 1 fully saturated rings. The van der Waals surface area contributed by atoms with E-state index in [1.165, 1.54) is 5.56 Å². The number of carbonyl (C=O) groups is 1. The molecule has 0 spiro atoms. The monoisotopic (exact) mass is 248 g/mol. The first-order valence-corrected chi connectivity index (χ1v) is 6.42. The number of anilines is 1. The molecule has 2 N–H and O–H groups in total. The summed E-state index contributed by atoms with van der Waals surface area (Å²) in [5.41, 5.74) is 2.06. The van der Waals surface area contributed by atoms with Gasteiger partial charge in [-0.1, -0.05) is 12.1 Å². The number of hydrogen-bond donors (Lipinski definition) is 2. The third kappa shape index (κ3) is 3.55. The Morgan fingerprint density at radius 3 is 2.78 bits per heavy atom. The molecule has 1 aliphatic rings. The Morgan fingerprint density at radius 2 is 2.17 bits per heavy atom. The molecule has 2 rings (SSSR count). The zero-order valence-corrected chi connectivity index (χ0v) is 10.7. The number of rotatable bonds is 4. The summed E-state index contributed by atoms with van der Waals surface area (Å²) in [6, 6.07) is 7.91. The molecule has 1 saturated heterocycles. The maximum absolute atomic E-state index is 12.0. The topological polar surface area (TPSA) is 50.4 Å². The van der Waals surface area contributed by atoms with Gasteiger partial charge in [-0.25, -0.2) is 0 Å². The zero-order chi connectivity index (χ0) is 12.8. The van der Waals surface area contributed by atoms with Gasteiger partial charge in [0.2, 0.25) is 5.91 Å².